The van der Waals surface area contributed by atoms with Gasteiger partial charge in [0.1, 0.15) is 5.70 Å². The van der Waals surface area contributed by atoms with Crippen LogP contribution in [0, 0.1) is 10.1 Å². The van der Waals surface area contributed by atoms with Crippen molar-refractivity contribution in [1.29, 1.82) is 0 Å². The Labute approximate surface area is 202 Å². The molecule has 3 rings (SSSR count). The van der Waals surface area contributed by atoms with Gasteiger partial charge in [-0.1, -0.05) is 30.3 Å². The molecule has 0 aliphatic heterocycles. The quantitative estimate of drug-likeness (QED) is 0.223. The van der Waals surface area contributed by atoms with Crippen molar-refractivity contribution in [3.05, 3.63) is 111 Å². The second-order valence-electron chi connectivity index (χ2n) is 7.81. The van der Waals surface area contributed by atoms with E-state index in [2.05, 4.69) is 15.8 Å². The van der Waals surface area contributed by atoms with Gasteiger partial charge in [0.15, 0.2) is 0 Å². The first-order valence-corrected chi connectivity index (χ1v) is 10.7. The van der Waals surface area contributed by atoms with Crippen molar-refractivity contribution < 1.29 is 14.5 Å². The lowest BCUT2D eigenvalue weighted by Crippen LogP contribution is -2.33. The molecular formula is C26H25N5O4. The summed E-state index contributed by atoms with van der Waals surface area (Å²) >= 11 is 0. The van der Waals surface area contributed by atoms with Gasteiger partial charge in [0, 0.05) is 37.5 Å². The lowest BCUT2D eigenvalue weighted by Gasteiger charge is -2.13. The average molecular weight is 472 g/mol. The van der Waals surface area contributed by atoms with Gasteiger partial charge in [0.25, 0.3) is 17.5 Å². The molecule has 0 atom stereocenters. The fraction of sp³-hybridized carbons (Fsp3) is 0.115. The van der Waals surface area contributed by atoms with Gasteiger partial charge < -0.3 is 10.2 Å². The molecule has 0 bridgehead atoms. The Morgan fingerprint density at radius 3 is 2.11 bits per heavy atom. The number of carbonyl (C=O) groups excluding carboxylic acids is 2. The smallest absolute Gasteiger partial charge is 0.287 e. The molecule has 35 heavy (non-hydrogen) atoms. The number of benzene rings is 3. The summed E-state index contributed by atoms with van der Waals surface area (Å²) in [5, 5.41) is 17.6. The average Bonchev–Trinajstić information content (AvgIpc) is 2.87. The first-order chi connectivity index (χ1) is 16.7. The van der Waals surface area contributed by atoms with E-state index in [1.807, 2.05) is 43.3 Å². The molecule has 178 valence electrons. The van der Waals surface area contributed by atoms with E-state index in [0.717, 1.165) is 5.69 Å². The maximum atomic E-state index is 13.0. The monoisotopic (exact) mass is 471 g/mol. The van der Waals surface area contributed by atoms with E-state index in [4.69, 9.17) is 0 Å². The number of hydrogen-bond donors (Lipinski definition) is 2. The summed E-state index contributed by atoms with van der Waals surface area (Å²) in [6.07, 6.45) is 1.56. The Bertz CT molecular complexity index is 1270. The molecule has 0 spiro atoms. The largest absolute Gasteiger partial charge is 0.378 e. The number of nitrogens with one attached hydrogen (secondary N) is 2. The van der Waals surface area contributed by atoms with Crippen LogP contribution in [0.5, 0.6) is 0 Å². The molecule has 0 aliphatic rings. The standard InChI is InChI=1S/C26H25N5O4/c1-18(20-11-15-23(16-12-20)31(34)35)28-29-26(33)24(27-25(32)21-7-5-4-6-8-21)17-19-9-13-22(14-10-19)30(2)3/h4-17H,1-3H3,(H,27,32)(H,29,33)/b24-17-,28-18+. The Hall–Kier alpha value is -4.79. The summed E-state index contributed by atoms with van der Waals surface area (Å²) in [6, 6.07) is 21.8. The fourth-order valence-corrected chi connectivity index (χ4v) is 3.06. The fourth-order valence-electron chi connectivity index (χ4n) is 3.06. The molecule has 0 unspecified atom stereocenters. The Kier molecular flexibility index (Phi) is 8.07. The van der Waals surface area contributed by atoms with E-state index < -0.39 is 16.7 Å². The van der Waals surface area contributed by atoms with Crippen molar-refractivity contribution in [2.24, 2.45) is 5.10 Å². The van der Waals surface area contributed by atoms with Crippen molar-refractivity contribution in [2.75, 3.05) is 19.0 Å². The number of amides is 2. The molecule has 3 aromatic rings. The van der Waals surface area contributed by atoms with Crippen molar-refractivity contribution in [3.8, 4) is 0 Å². The zero-order chi connectivity index (χ0) is 25.4. The zero-order valence-electron chi connectivity index (χ0n) is 19.6. The van der Waals surface area contributed by atoms with Gasteiger partial charge >= 0.3 is 0 Å². The maximum absolute atomic E-state index is 13.0. The van der Waals surface area contributed by atoms with Crippen molar-refractivity contribution in [3.63, 3.8) is 0 Å². The summed E-state index contributed by atoms with van der Waals surface area (Å²) < 4.78 is 0. The highest BCUT2D eigenvalue weighted by molar-refractivity contribution is 6.06. The van der Waals surface area contributed by atoms with Gasteiger partial charge in [-0.25, -0.2) is 5.43 Å². The maximum Gasteiger partial charge on any atom is 0.287 e. The number of nitro groups is 1. The second kappa shape index (κ2) is 11.4. The van der Waals surface area contributed by atoms with E-state index in [1.54, 1.807) is 55.5 Å². The van der Waals surface area contributed by atoms with Crippen molar-refractivity contribution in [2.45, 2.75) is 6.92 Å². The van der Waals surface area contributed by atoms with E-state index in [9.17, 15) is 19.7 Å². The lowest BCUT2D eigenvalue weighted by molar-refractivity contribution is -0.384. The number of hydrazone groups is 1. The molecule has 0 saturated carbocycles. The van der Waals surface area contributed by atoms with Gasteiger partial charge in [-0.05, 0) is 60.5 Å². The number of rotatable bonds is 8. The molecular weight excluding hydrogens is 446 g/mol. The second-order valence-corrected chi connectivity index (χ2v) is 7.81. The van der Waals surface area contributed by atoms with Crippen LogP contribution in [0.25, 0.3) is 6.08 Å². The molecule has 0 aliphatic carbocycles. The van der Waals surface area contributed by atoms with Gasteiger partial charge in [0.2, 0.25) is 0 Å². The van der Waals surface area contributed by atoms with E-state index in [-0.39, 0.29) is 11.4 Å². The molecule has 3 aromatic carbocycles. The molecule has 2 N–H and O–H groups in total. The first-order valence-electron chi connectivity index (χ1n) is 10.7. The predicted octanol–water partition coefficient (Wildman–Crippen LogP) is 3.97. The third-order valence-electron chi connectivity index (χ3n) is 5.07. The first kappa shape index (κ1) is 24.8. The minimum Gasteiger partial charge on any atom is -0.378 e. The summed E-state index contributed by atoms with van der Waals surface area (Å²) in [7, 11) is 3.85. The van der Waals surface area contributed by atoms with Gasteiger partial charge in [-0.15, -0.1) is 0 Å². The third kappa shape index (κ3) is 6.84. The van der Waals surface area contributed by atoms with Crippen LogP contribution < -0.4 is 15.6 Å². The van der Waals surface area contributed by atoms with Crippen LogP contribution in [-0.4, -0.2) is 36.5 Å². The summed E-state index contributed by atoms with van der Waals surface area (Å²) in [5.41, 5.74) is 5.57. The normalized spacial score (nSPS) is 11.5. The highest BCUT2D eigenvalue weighted by atomic mass is 16.6. The SMILES string of the molecule is C/C(=N\NC(=O)/C(=C/c1ccc(N(C)C)cc1)NC(=O)c1ccccc1)c1ccc([N+](=O)[O-])cc1. The lowest BCUT2D eigenvalue weighted by atomic mass is 10.1. The Balaban J connectivity index is 1.84. The minimum absolute atomic E-state index is 0.0108. The molecule has 0 heterocycles. The van der Waals surface area contributed by atoms with Crippen LogP contribution in [0.4, 0.5) is 11.4 Å². The molecule has 9 heteroatoms. The topological polar surface area (TPSA) is 117 Å². The molecule has 0 aromatic heterocycles. The summed E-state index contributed by atoms with van der Waals surface area (Å²) in [6.45, 7) is 1.66. The van der Waals surface area contributed by atoms with E-state index >= 15 is 0 Å². The molecule has 0 saturated heterocycles. The van der Waals surface area contributed by atoms with Crippen LogP contribution in [0.3, 0.4) is 0 Å². The number of non-ortho nitro benzene ring substituents is 1. The van der Waals surface area contributed by atoms with Crippen LogP contribution in [-0.2, 0) is 4.79 Å². The number of carbonyl (C=O) groups is 2. The summed E-state index contributed by atoms with van der Waals surface area (Å²) in [5.74, 6) is -1.06. The van der Waals surface area contributed by atoms with Crippen molar-refractivity contribution in [1.82, 2.24) is 10.7 Å². The van der Waals surface area contributed by atoms with E-state index in [0.29, 0.717) is 22.4 Å². The highest BCUT2D eigenvalue weighted by Crippen LogP contribution is 2.15. The van der Waals surface area contributed by atoms with Crippen LogP contribution in [0.15, 0.2) is 89.7 Å². The van der Waals surface area contributed by atoms with Crippen LogP contribution >= 0.6 is 0 Å². The van der Waals surface area contributed by atoms with Gasteiger partial charge in [-0.2, -0.15) is 5.10 Å². The summed E-state index contributed by atoms with van der Waals surface area (Å²) in [4.78, 5) is 38.0. The van der Waals surface area contributed by atoms with Gasteiger partial charge in [-0.3, -0.25) is 19.7 Å². The molecule has 0 fully saturated rings. The Morgan fingerprint density at radius 2 is 1.54 bits per heavy atom. The highest BCUT2D eigenvalue weighted by Gasteiger charge is 2.15. The minimum atomic E-state index is -0.618. The number of hydrogen-bond acceptors (Lipinski definition) is 6. The number of nitrogens with zero attached hydrogens (tertiary/aromatic N) is 3. The molecule has 0 radical (unpaired) electrons. The Morgan fingerprint density at radius 1 is 0.914 bits per heavy atom. The molecule has 9 nitrogen and oxygen atoms in total. The van der Waals surface area contributed by atoms with Gasteiger partial charge in [0.05, 0.1) is 10.6 Å². The van der Waals surface area contributed by atoms with E-state index in [1.165, 1.54) is 12.1 Å². The third-order valence-corrected chi connectivity index (χ3v) is 5.07. The predicted molar refractivity (Wildman–Crippen MR) is 136 cm³/mol. The number of nitro benzene ring substituents is 1. The molecule has 2 amide bonds. The number of anilines is 1. The van der Waals surface area contributed by atoms with Crippen molar-refractivity contribution >= 4 is 35.0 Å². The van der Waals surface area contributed by atoms with Crippen LogP contribution in [0.1, 0.15) is 28.4 Å². The zero-order valence-corrected chi connectivity index (χ0v) is 19.6. The van der Waals surface area contributed by atoms with Crippen LogP contribution in [0.2, 0.25) is 0 Å².